The summed E-state index contributed by atoms with van der Waals surface area (Å²) < 4.78 is 6.02. The molecule has 2 saturated heterocycles. The molecule has 0 bridgehead atoms. The lowest BCUT2D eigenvalue weighted by atomic mass is 9.89. The van der Waals surface area contributed by atoms with Crippen molar-refractivity contribution in [2.24, 2.45) is 11.8 Å². The van der Waals surface area contributed by atoms with Crippen molar-refractivity contribution >= 4 is 22.6 Å². The Hall–Kier alpha value is -3.00. The molecule has 2 aromatic carbocycles. The molecule has 2 amide bonds. The molecule has 0 saturated carbocycles. The molecular weight excluding hydrogens is 396 g/mol. The molecule has 3 N–H and O–H groups in total. The van der Waals surface area contributed by atoms with E-state index in [1.165, 1.54) is 0 Å². The number of hydrogen-bond acceptors (Lipinski definition) is 6. The number of fused-ring (bicyclic) bond motifs is 2. The van der Waals surface area contributed by atoms with Crippen LogP contribution < -0.4 is 5.32 Å². The first-order valence-electron chi connectivity index (χ1n) is 10.5. The van der Waals surface area contributed by atoms with Gasteiger partial charge in [-0.2, -0.15) is 0 Å². The number of benzene rings is 2. The van der Waals surface area contributed by atoms with Gasteiger partial charge < -0.3 is 14.9 Å². The lowest BCUT2D eigenvalue weighted by Crippen LogP contribution is -2.58. The highest BCUT2D eigenvalue weighted by Crippen LogP contribution is 2.39. The molecule has 31 heavy (non-hydrogen) atoms. The van der Waals surface area contributed by atoms with E-state index in [1.807, 2.05) is 36.4 Å². The van der Waals surface area contributed by atoms with Crippen LogP contribution in [0.5, 0.6) is 0 Å². The Morgan fingerprint density at radius 3 is 2.65 bits per heavy atom. The van der Waals surface area contributed by atoms with Gasteiger partial charge in [-0.25, -0.2) is 0 Å². The molecule has 0 spiro atoms. The van der Waals surface area contributed by atoms with Crippen LogP contribution in [0.2, 0.25) is 0 Å². The van der Waals surface area contributed by atoms with E-state index < -0.39 is 30.3 Å². The molecule has 5 atom stereocenters. The second-order valence-corrected chi connectivity index (χ2v) is 8.25. The third-order valence-corrected chi connectivity index (χ3v) is 6.29. The van der Waals surface area contributed by atoms with E-state index in [-0.39, 0.29) is 18.4 Å². The molecule has 7 heteroatoms. The standard InChI is InChI=1S/C24H24N2O5/c27-20-11-10-18(22(28)25-20)26-23(29)17-6-3-7-19(21(17)24(26)30)31-13-14-8-9-15-4-1-2-5-16(15)12-14/h1-9,12,17-18,20-22,25,27-28H,10-11,13H2. The first kappa shape index (κ1) is 19.9. The van der Waals surface area contributed by atoms with Crippen molar-refractivity contribution in [3.63, 3.8) is 0 Å². The van der Waals surface area contributed by atoms with Gasteiger partial charge in [0.1, 0.15) is 30.7 Å². The predicted octanol–water partition coefficient (Wildman–Crippen LogP) is 1.80. The van der Waals surface area contributed by atoms with E-state index in [1.54, 1.807) is 18.2 Å². The minimum Gasteiger partial charge on any atom is -0.492 e. The van der Waals surface area contributed by atoms with Gasteiger partial charge in [-0.15, -0.1) is 0 Å². The van der Waals surface area contributed by atoms with Gasteiger partial charge in [-0.3, -0.25) is 19.8 Å². The average Bonchev–Trinajstić information content (AvgIpc) is 3.03. The fourth-order valence-electron chi connectivity index (χ4n) is 4.69. The highest BCUT2D eigenvalue weighted by atomic mass is 16.5. The highest BCUT2D eigenvalue weighted by molar-refractivity contribution is 6.08. The number of likely N-dealkylation sites (tertiary alicyclic amines) is 1. The molecule has 0 radical (unpaired) electrons. The van der Waals surface area contributed by atoms with Crippen molar-refractivity contribution in [3.8, 4) is 0 Å². The van der Waals surface area contributed by atoms with Crippen LogP contribution in [0, 0.1) is 11.8 Å². The number of ether oxygens (including phenoxy) is 1. The van der Waals surface area contributed by atoms with Gasteiger partial charge in [0.2, 0.25) is 11.8 Å². The van der Waals surface area contributed by atoms with Gasteiger partial charge in [0, 0.05) is 0 Å². The van der Waals surface area contributed by atoms with Gasteiger partial charge in [-0.1, -0.05) is 48.6 Å². The van der Waals surface area contributed by atoms with Crippen molar-refractivity contribution in [2.45, 2.75) is 37.9 Å². The van der Waals surface area contributed by atoms with Gasteiger partial charge in [0.15, 0.2) is 0 Å². The maximum Gasteiger partial charge on any atom is 0.241 e. The van der Waals surface area contributed by atoms with Crippen molar-refractivity contribution in [3.05, 3.63) is 72.0 Å². The number of allylic oxidation sites excluding steroid dienone is 2. The van der Waals surface area contributed by atoms with Crippen LogP contribution in [0.4, 0.5) is 0 Å². The number of aliphatic hydroxyl groups is 2. The van der Waals surface area contributed by atoms with Crippen LogP contribution in [-0.2, 0) is 20.9 Å². The first-order chi connectivity index (χ1) is 15.0. The van der Waals surface area contributed by atoms with E-state index in [4.69, 9.17) is 4.74 Å². The summed E-state index contributed by atoms with van der Waals surface area (Å²) in [5.74, 6) is -1.61. The number of nitrogens with zero attached hydrogens (tertiary/aromatic N) is 1. The largest absolute Gasteiger partial charge is 0.492 e. The average molecular weight is 420 g/mol. The number of rotatable bonds is 4. The summed E-state index contributed by atoms with van der Waals surface area (Å²) in [7, 11) is 0. The minimum atomic E-state index is -1.16. The molecule has 5 rings (SSSR count). The van der Waals surface area contributed by atoms with Gasteiger partial charge in [-0.05, 0) is 41.3 Å². The van der Waals surface area contributed by atoms with Crippen LogP contribution in [0.25, 0.3) is 10.8 Å². The number of carbonyl (C=O) groups excluding carboxylic acids is 2. The van der Waals surface area contributed by atoms with Crippen LogP contribution in [0.1, 0.15) is 18.4 Å². The van der Waals surface area contributed by atoms with E-state index in [2.05, 4.69) is 11.4 Å². The topological polar surface area (TPSA) is 99.1 Å². The summed E-state index contributed by atoms with van der Waals surface area (Å²) in [5.41, 5.74) is 0.972. The molecule has 2 aromatic rings. The maximum atomic E-state index is 13.2. The number of imide groups is 1. The summed E-state index contributed by atoms with van der Waals surface area (Å²) in [4.78, 5) is 27.4. The second-order valence-electron chi connectivity index (χ2n) is 8.25. The zero-order valence-corrected chi connectivity index (χ0v) is 16.8. The number of aliphatic hydroxyl groups excluding tert-OH is 2. The number of nitrogens with one attached hydrogen (secondary N) is 1. The molecule has 0 aromatic heterocycles. The maximum absolute atomic E-state index is 13.2. The van der Waals surface area contributed by atoms with E-state index in [0.717, 1.165) is 21.2 Å². The van der Waals surface area contributed by atoms with Gasteiger partial charge in [0.25, 0.3) is 0 Å². The lowest BCUT2D eigenvalue weighted by Gasteiger charge is -2.36. The number of carbonyl (C=O) groups is 2. The molecule has 160 valence electrons. The minimum absolute atomic E-state index is 0.287. The molecule has 1 aliphatic carbocycles. The Kier molecular flexibility index (Phi) is 5.09. The molecule has 2 aliphatic heterocycles. The van der Waals surface area contributed by atoms with Crippen molar-refractivity contribution in [1.29, 1.82) is 0 Å². The lowest BCUT2D eigenvalue weighted by molar-refractivity contribution is -0.149. The molecule has 5 unspecified atom stereocenters. The monoisotopic (exact) mass is 420 g/mol. The third-order valence-electron chi connectivity index (χ3n) is 6.29. The SMILES string of the molecule is O=C1C2C=CC=C(OCc3ccc4ccccc4c3)C2C(=O)N1C1CCC(O)NC1O. The zero-order chi connectivity index (χ0) is 21.5. The first-order valence-corrected chi connectivity index (χ1v) is 10.5. The van der Waals surface area contributed by atoms with E-state index in [9.17, 15) is 19.8 Å². The van der Waals surface area contributed by atoms with E-state index >= 15 is 0 Å². The smallest absolute Gasteiger partial charge is 0.241 e. The second kappa shape index (κ2) is 7.92. The Labute approximate surface area is 179 Å². The Morgan fingerprint density at radius 1 is 1.03 bits per heavy atom. The zero-order valence-electron chi connectivity index (χ0n) is 16.8. The summed E-state index contributed by atoms with van der Waals surface area (Å²) >= 11 is 0. The van der Waals surface area contributed by atoms with Crippen LogP contribution in [0.15, 0.2) is 66.5 Å². The Bertz CT molecular complexity index is 1090. The predicted molar refractivity (Wildman–Crippen MR) is 113 cm³/mol. The highest BCUT2D eigenvalue weighted by Gasteiger charge is 2.53. The number of amides is 2. The molecular formula is C24H24N2O5. The number of piperidine rings is 1. The normalized spacial score (nSPS) is 30.5. The fourth-order valence-corrected chi connectivity index (χ4v) is 4.69. The summed E-state index contributed by atoms with van der Waals surface area (Å²) in [5, 5.41) is 24.8. The van der Waals surface area contributed by atoms with Crippen molar-refractivity contribution in [2.75, 3.05) is 0 Å². The quantitative estimate of drug-likeness (QED) is 0.653. The van der Waals surface area contributed by atoms with Crippen LogP contribution in [-0.4, -0.2) is 45.4 Å². The fraction of sp³-hybridized carbons (Fsp3) is 0.333. The third kappa shape index (κ3) is 3.54. The van der Waals surface area contributed by atoms with Gasteiger partial charge in [0.05, 0.1) is 12.0 Å². The van der Waals surface area contributed by atoms with Gasteiger partial charge >= 0.3 is 0 Å². The summed E-state index contributed by atoms with van der Waals surface area (Å²) in [6.07, 6.45) is 3.87. The number of hydrogen-bond donors (Lipinski definition) is 3. The van der Waals surface area contributed by atoms with Crippen LogP contribution in [0.3, 0.4) is 0 Å². The van der Waals surface area contributed by atoms with Crippen molar-refractivity contribution < 1.29 is 24.5 Å². The molecule has 2 heterocycles. The Balaban J connectivity index is 1.34. The molecule has 7 nitrogen and oxygen atoms in total. The molecule has 2 fully saturated rings. The summed E-state index contributed by atoms with van der Waals surface area (Å²) in [6.45, 7) is 0.287. The van der Waals surface area contributed by atoms with E-state index in [0.29, 0.717) is 18.6 Å². The molecule has 3 aliphatic rings. The Morgan fingerprint density at radius 2 is 1.84 bits per heavy atom. The van der Waals surface area contributed by atoms with Crippen LogP contribution >= 0.6 is 0 Å². The van der Waals surface area contributed by atoms with Crippen molar-refractivity contribution in [1.82, 2.24) is 10.2 Å². The summed E-state index contributed by atoms with van der Waals surface area (Å²) in [6, 6.07) is 13.4.